The number of thioether (sulfide) groups is 1. The summed E-state index contributed by atoms with van der Waals surface area (Å²) < 4.78 is 0. The van der Waals surface area contributed by atoms with Gasteiger partial charge in [-0.25, -0.2) is 0 Å². The number of aliphatic carboxylic acids is 1. The fraction of sp³-hybridized carbons (Fsp3) is 0.462. The van der Waals surface area contributed by atoms with Gasteiger partial charge in [0, 0.05) is 11.5 Å². The maximum atomic E-state index is 10.9. The van der Waals surface area contributed by atoms with E-state index >= 15 is 0 Å². The Bertz CT molecular complexity index is 372. The van der Waals surface area contributed by atoms with Crippen LogP contribution in [-0.2, 0) is 10.5 Å². The van der Waals surface area contributed by atoms with E-state index in [0.717, 1.165) is 5.75 Å². The largest absolute Gasteiger partial charge is 0.481 e. The molecule has 16 heavy (non-hydrogen) atoms. The lowest BCUT2D eigenvalue weighted by Crippen LogP contribution is -2.26. The van der Waals surface area contributed by atoms with E-state index < -0.39 is 11.4 Å². The molecule has 0 fully saturated rings. The summed E-state index contributed by atoms with van der Waals surface area (Å²) in [5.41, 5.74) is 1.86. The summed E-state index contributed by atoms with van der Waals surface area (Å²) >= 11 is 1.67. The molecule has 2 nitrogen and oxygen atoms in total. The van der Waals surface area contributed by atoms with Gasteiger partial charge in [0.1, 0.15) is 0 Å². The second kappa shape index (κ2) is 5.39. The Morgan fingerprint density at radius 2 is 2.12 bits per heavy atom. The van der Waals surface area contributed by atoms with Crippen LogP contribution >= 0.6 is 11.8 Å². The Kier molecular flexibility index (Phi) is 4.42. The third kappa shape index (κ3) is 3.89. The molecule has 0 aromatic heterocycles. The van der Waals surface area contributed by atoms with Crippen LogP contribution in [0.15, 0.2) is 24.3 Å². The summed E-state index contributed by atoms with van der Waals surface area (Å²) in [5.74, 6) is 0.776. The number of carboxylic acids is 1. The second-order valence-electron chi connectivity index (χ2n) is 4.67. The first-order chi connectivity index (χ1) is 7.42. The van der Waals surface area contributed by atoms with E-state index in [-0.39, 0.29) is 0 Å². The highest BCUT2D eigenvalue weighted by Crippen LogP contribution is 2.24. The number of benzene rings is 1. The van der Waals surface area contributed by atoms with Crippen LogP contribution in [0.2, 0.25) is 0 Å². The molecule has 0 radical (unpaired) electrons. The van der Waals surface area contributed by atoms with Gasteiger partial charge in [0.25, 0.3) is 0 Å². The average Bonchev–Trinajstić information content (AvgIpc) is 2.17. The first-order valence-electron chi connectivity index (χ1n) is 5.28. The lowest BCUT2D eigenvalue weighted by atomic mass is 9.97. The van der Waals surface area contributed by atoms with E-state index in [2.05, 4.69) is 25.1 Å². The van der Waals surface area contributed by atoms with Crippen molar-refractivity contribution in [3.05, 3.63) is 35.4 Å². The SMILES string of the molecule is Cc1cccc(CSCC(C)(C)C(=O)O)c1. The van der Waals surface area contributed by atoms with E-state index in [4.69, 9.17) is 5.11 Å². The summed E-state index contributed by atoms with van der Waals surface area (Å²) in [7, 11) is 0. The standard InChI is InChI=1S/C13H18O2S/c1-10-5-4-6-11(7-10)8-16-9-13(2,3)12(14)15/h4-7H,8-9H2,1-3H3,(H,14,15). The molecule has 1 N–H and O–H groups in total. The normalized spacial score (nSPS) is 11.4. The minimum atomic E-state index is -0.732. The molecular weight excluding hydrogens is 220 g/mol. The fourth-order valence-corrected chi connectivity index (χ4v) is 2.44. The number of hydrogen-bond acceptors (Lipinski definition) is 2. The van der Waals surface area contributed by atoms with Gasteiger partial charge in [-0.1, -0.05) is 29.8 Å². The number of aryl methyl sites for hydroxylation is 1. The Labute approximate surface area is 101 Å². The third-order valence-electron chi connectivity index (χ3n) is 2.39. The van der Waals surface area contributed by atoms with Crippen LogP contribution in [-0.4, -0.2) is 16.8 Å². The third-order valence-corrected chi connectivity index (χ3v) is 3.86. The zero-order valence-electron chi connectivity index (χ0n) is 9.99. The first-order valence-corrected chi connectivity index (χ1v) is 6.44. The molecule has 3 heteroatoms. The zero-order chi connectivity index (χ0) is 12.2. The van der Waals surface area contributed by atoms with Crippen molar-refractivity contribution in [1.29, 1.82) is 0 Å². The van der Waals surface area contributed by atoms with Crippen LogP contribution in [0.5, 0.6) is 0 Å². The van der Waals surface area contributed by atoms with Crippen LogP contribution in [0.4, 0.5) is 0 Å². The smallest absolute Gasteiger partial charge is 0.309 e. The number of carbonyl (C=O) groups is 1. The van der Waals surface area contributed by atoms with Gasteiger partial charge < -0.3 is 5.11 Å². The van der Waals surface area contributed by atoms with Crippen molar-refractivity contribution >= 4 is 17.7 Å². The Hall–Kier alpha value is -0.960. The predicted octanol–water partition coefficient (Wildman–Crippen LogP) is 3.34. The fourth-order valence-electron chi connectivity index (χ4n) is 1.29. The molecule has 1 rings (SSSR count). The molecule has 0 atom stereocenters. The van der Waals surface area contributed by atoms with Crippen molar-refractivity contribution in [2.24, 2.45) is 5.41 Å². The molecule has 0 aliphatic rings. The second-order valence-corrected chi connectivity index (χ2v) is 5.66. The molecule has 0 heterocycles. The van der Waals surface area contributed by atoms with Crippen molar-refractivity contribution in [3.8, 4) is 0 Å². The summed E-state index contributed by atoms with van der Waals surface area (Å²) in [5, 5.41) is 8.97. The maximum Gasteiger partial charge on any atom is 0.309 e. The van der Waals surface area contributed by atoms with Crippen LogP contribution in [0.3, 0.4) is 0 Å². The van der Waals surface area contributed by atoms with Gasteiger partial charge in [0.05, 0.1) is 5.41 Å². The number of hydrogen-bond donors (Lipinski definition) is 1. The van der Waals surface area contributed by atoms with Gasteiger partial charge in [-0.3, -0.25) is 4.79 Å². The minimum absolute atomic E-state index is 0.635. The van der Waals surface area contributed by atoms with Crippen molar-refractivity contribution in [3.63, 3.8) is 0 Å². The molecule has 0 saturated carbocycles. The summed E-state index contributed by atoms with van der Waals surface area (Å²) in [4.78, 5) is 10.9. The summed E-state index contributed by atoms with van der Waals surface area (Å²) in [6.45, 7) is 5.59. The Morgan fingerprint density at radius 3 is 2.69 bits per heavy atom. The lowest BCUT2D eigenvalue weighted by molar-refractivity contribution is -0.145. The molecule has 0 aliphatic carbocycles. The zero-order valence-corrected chi connectivity index (χ0v) is 10.8. The van der Waals surface area contributed by atoms with Crippen LogP contribution in [0, 0.1) is 12.3 Å². The van der Waals surface area contributed by atoms with Crippen molar-refractivity contribution in [2.75, 3.05) is 5.75 Å². The summed E-state index contributed by atoms with van der Waals surface area (Å²) in [6, 6.07) is 8.32. The molecule has 0 aliphatic heterocycles. The van der Waals surface area contributed by atoms with Gasteiger partial charge >= 0.3 is 5.97 Å². The van der Waals surface area contributed by atoms with Gasteiger partial charge in [-0.2, -0.15) is 11.8 Å². The van der Waals surface area contributed by atoms with Gasteiger partial charge in [0.2, 0.25) is 0 Å². The van der Waals surface area contributed by atoms with Crippen molar-refractivity contribution < 1.29 is 9.90 Å². The lowest BCUT2D eigenvalue weighted by Gasteiger charge is -2.18. The van der Waals surface area contributed by atoms with E-state index in [1.54, 1.807) is 25.6 Å². The van der Waals surface area contributed by atoms with E-state index in [1.807, 2.05) is 6.07 Å². The topological polar surface area (TPSA) is 37.3 Å². The predicted molar refractivity (Wildman–Crippen MR) is 68.8 cm³/mol. The quantitative estimate of drug-likeness (QED) is 0.855. The van der Waals surface area contributed by atoms with Crippen LogP contribution < -0.4 is 0 Å². The minimum Gasteiger partial charge on any atom is -0.481 e. The average molecular weight is 238 g/mol. The molecule has 1 aromatic rings. The van der Waals surface area contributed by atoms with Gasteiger partial charge in [0.15, 0.2) is 0 Å². The van der Waals surface area contributed by atoms with Gasteiger partial charge in [-0.15, -0.1) is 0 Å². The molecule has 0 saturated heterocycles. The molecular formula is C13H18O2S. The monoisotopic (exact) mass is 238 g/mol. The Morgan fingerprint density at radius 1 is 1.44 bits per heavy atom. The molecule has 0 unspecified atom stereocenters. The van der Waals surface area contributed by atoms with E-state index in [0.29, 0.717) is 5.75 Å². The van der Waals surface area contributed by atoms with Crippen molar-refractivity contribution in [1.82, 2.24) is 0 Å². The molecule has 88 valence electrons. The van der Waals surface area contributed by atoms with Gasteiger partial charge in [-0.05, 0) is 26.3 Å². The molecule has 0 bridgehead atoms. The molecule has 0 amide bonds. The first kappa shape index (κ1) is 13.1. The van der Waals surface area contributed by atoms with E-state index in [9.17, 15) is 4.79 Å². The van der Waals surface area contributed by atoms with Crippen molar-refractivity contribution in [2.45, 2.75) is 26.5 Å². The molecule has 1 aromatic carbocycles. The maximum absolute atomic E-state index is 10.9. The van der Waals surface area contributed by atoms with E-state index in [1.165, 1.54) is 11.1 Å². The highest BCUT2D eigenvalue weighted by Gasteiger charge is 2.26. The number of carboxylic acid groups (broad SMARTS) is 1. The summed E-state index contributed by atoms with van der Waals surface area (Å²) in [6.07, 6.45) is 0. The molecule has 0 spiro atoms. The highest BCUT2D eigenvalue weighted by molar-refractivity contribution is 7.98. The number of rotatable bonds is 5. The van der Waals surface area contributed by atoms with Crippen LogP contribution in [0.25, 0.3) is 0 Å². The highest BCUT2D eigenvalue weighted by atomic mass is 32.2. The van der Waals surface area contributed by atoms with Crippen LogP contribution in [0.1, 0.15) is 25.0 Å². The Balaban J connectivity index is 2.45.